The van der Waals surface area contributed by atoms with Crippen LogP contribution in [0.25, 0.3) is 0 Å². The van der Waals surface area contributed by atoms with Crippen molar-refractivity contribution in [2.45, 2.75) is 23.1 Å². The number of benzene rings is 2. The van der Waals surface area contributed by atoms with E-state index in [1.807, 2.05) is 54.6 Å². The van der Waals surface area contributed by atoms with Crippen molar-refractivity contribution in [3.05, 3.63) is 54.6 Å². The molecule has 2 rings (SSSR count). The second-order valence-electron chi connectivity index (χ2n) is 4.47. The van der Waals surface area contributed by atoms with Gasteiger partial charge < -0.3 is 10.1 Å². The fourth-order valence-corrected chi connectivity index (χ4v) is 2.63. The normalized spacial score (nSPS) is 10.0. The first-order valence-electron chi connectivity index (χ1n) is 6.96. The maximum absolute atomic E-state index is 11.8. The average Bonchev–Trinajstić information content (AvgIpc) is 2.55. The van der Waals surface area contributed by atoms with Gasteiger partial charge in [0.2, 0.25) is 0 Å². The minimum Gasteiger partial charge on any atom is -0.456 e. The third-order valence-electron chi connectivity index (χ3n) is 2.79. The Bertz CT molecular complexity index is 643. The first-order chi connectivity index (χ1) is 10.7. The Morgan fingerprint density at radius 1 is 1.05 bits per heavy atom. The van der Waals surface area contributed by atoms with Gasteiger partial charge in [-0.2, -0.15) is 0 Å². The maximum Gasteiger partial charge on any atom is 0.306 e. The minimum absolute atomic E-state index is 0.258. The molecule has 0 aliphatic heterocycles. The quantitative estimate of drug-likeness (QED) is 0.825. The van der Waals surface area contributed by atoms with E-state index in [4.69, 9.17) is 4.74 Å². The van der Waals surface area contributed by atoms with Crippen LogP contribution >= 0.6 is 11.8 Å². The van der Waals surface area contributed by atoms with Gasteiger partial charge in [-0.25, -0.2) is 0 Å². The lowest BCUT2D eigenvalue weighted by Crippen LogP contribution is -2.20. The average molecular weight is 315 g/mol. The molecule has 0 aromatic heterocycles. The Morgan fingerprint density at radius 3 is 2.45 bits per heavy atom. The summed E-state index contributed by atoms with van der Waals surface area (Å²) in [7, 11) is 0. The number of hydrogen-bond acceptors (Lipinski definition) is 4. The van der Waals surface area contributed by atoms with Gasteiger partial charge in [0.15, 0.2) is 6.61 Å². The van der Waals surface area contributed by atoms with Crippen LogP contribution in [0.3, 0.4) is 0 Å². The standard InChI is InChI=1S/C17H17NO3S/c1-2-17(20)21-12-16(19)18-14-10-6-7-11-15(14)22-13-8-4-3-5-9-13/h3-11H,2,12H2,1H3,(H,18,19). The summed E-state index contributed by atoms with van der Waals surface area (Å²) in [4.78, 5) is 24.9. The number of rotatable bonds is 6. The minimum atomic E-state index is -0.387. The van der Waals surface area contributed by atoms with Crippen molar-refractivity contribution in [3.8, 4) is 0 Å². The molecule has 0 atom stereocenters. The lowest BCUT2D eigenvalue weighted by molar-refractivity contribution is -0.146. The Balaban J connectivity index is 2.02. The molecule has 0 saturated heterocycles. The van der Waals surface area contributed by atoms with Gasteiger partial charge >= 0.3 is 5.97 Å². The summed E-state index contributed by atoms with van der Waals surface area (Å²) in [5, 5.41) is 2.77. The van der Waals surface area contributed by atoms with Crippen molar-refractivity contribution in [1.29, 1.82) is 0 Å². The van der Waals surface area contributed by atoms with Crippen LogP contribution in [0.4, 0.5) is 5.69 Å². The zero-order chi connectivity index (χ0) is 15.8. The third-order valence-corrected chi connectivity index (χ3v) is 3.87. The molecular formula is C17H17NO3S. The first-order valence-corrected chi connectivity index (χ1v) is 7.78. The van der Waals surface area contributed by atoms with Gasteiger partial charge in [-0.15, -0.1) is 0 Å². The highest BCUT2D eigenvalue weighted by Crippen LogP contribution is 2.33. The summed E-state index contributed by atoms with van der Waals surface area (Å²) in [5.74, 6) is -0.731. The van der Waals surface area contributed by atoms with E-state index in [-0.39, 0.29) is 24.9 Å². The number of anilines is 1. The molecule has 0 radical (unpaired) electrons. The smallest absolute Gasteiger partial charge is 0.306 e. The van der Waals surface area contributed by atoms with Gasteiger partial charge in [0.25, 0.3) is 5.91 Å². The van der Waals surface area contributed by atoms with Gasteiger partial charge in [-0.05, 0) is 24.3 Å². The summed E-state index contributed by atoms with van der Waals surface area (Å²) in [6, 6.07) is 17.4. The Hall–Kier alpha value is -2.27. The van der Waals surface area contributed by atoms with Gasteiger partial charge in [0.1, 0.15) is 0 Å². The highest BCUT2D eigenvalue weighted by atomic mass is 32.2. The first kappa shape index (κ1) is 16.1. The van der Waals surface area contributed by atoms with Gasteiger partial charge in [-0.1, -0.05) is 49.0 Å². The molecule has 0 aliphatic rings. The lowest BCUT2D eigenvalue weighted by atomic mass is 10.3. The number of ether oxygens (including phenoxy) is 1. The molecule has 0 fully saturated rings. The van der Waals surface area contributed by atoms with E-state index in [1.54, 1.807) is 18.7 Å². The molecule has 0 bridgehead atoms. The van der Waals surface area contributed by atoms with E-state index < -0.39 is 0 Å². The fourth-order valence-electron chi connectivity index (χ4n) is 1.71. The van der Waals surface area contributed by atoms with Crippen LogP contribution in [0.5, 0.6) is 0 Å². The SMILES string of the molecule is CCC(=O)OCC(=O)Nc1ccccc1Sc1ccccc1. The molecule has 0 saturated carbocycles. The molecule has 2 aromatic rings. The molecule has 1 N–H and O–H groups in total. The van der Waals surface area contributed by atoms with Crippen LogP contribution in [-0.4, -0.2) is 18.5 Å². The molecular weight excluding hydrogens is 298 g/mol. The monoisotopic (exact) mass is 315 g/mol. The van der Waals surface area contributed by atoms with Gasteiger partial charge in [-0.3, -0.25) is 9.59 Å². The molecule has 5 heteroatoms. The Kier molecular flexibility index (Phi) is 6.03. The maximum atomic E-state index is 11.8. The van der Waals surface area contributed by atoms with Crippen molar-refractivity contribution in [2.24, 2.45) is 0 Å². The van der Waals surface area contributed by atoms with Crippen molar-refractivity contribution < 1.29 is 14.3 Å². The van der Waals surface area contributed by atoms with E-state index >= 15 is 0 Å². The second kappa shape index (κ2) is 8.24. The summed E-state index contributed by atoms with van der Waals surface area (Å²) in [6.45, 7) is 1.42. The number of esters is 1. The van der Waals surface area contributed by atoms with E-state index in [1.165, 1.54) is 0 Å². The third kappa shape index (κ3) is 4.93. The molecule has 4 nitrogen and oxygen atoms in total. The van der Waals surface area contributed by atoms with Crippen LogP contribution in [0.1, 0.15) is 13.3 Å². The fraction of sp³-hybridized carbons (Fsp3) is 0.176. The zero-order valence-electron chi connectivity index (χ0n) is 12.2. The van der Waals surface area contributed by atoms with E-state index in [2.05, 4.69) is 5.32 Å². The van der Waals surface area contributed by atoms with Gasteiger partial charge in [0.05, 0.1) is 5.69 Å². The molecule has 1 amide bonds. The van der Waals surface area contributed by atoms with E-state index in [0.717, 1.165) is 9.79 Å². The van der Waals surface area contributed by atoms with Crippen molar-refractivity contribution in [3.63, 3.8) is 0 Å². The van der Waals surface area contributed by atoms with E-state index in [0.29, 0.717) is 5.69 Å². The molecule has 2 aromatic carbocycles. The highest BCUT2D eigenvalue weighted by Gasteiger charge is 2.09. The summed E-state index contributed by atoms with van der Waals surface area (Å²) in [5.41, 5.74) is 0.703. The van der Waals surface area contributed by atoms with Crippen molar-refractivity contribution in [2.75, 3.05) is 11.9 Å². The topological polar surface area (TPSA) is 55.4 Å². The number of para-hydroxylation sites is 1. The summed E-state index contributed by atoms with van der Waals surface area (Å²) < 4.78 is 4.83. The van der Waals surface area contributed by atoms with Crippen LogP contribution in [0.15, 0.2) is 64.4 Å². The number of nitrogens with one attached hydrogen (secondary N) is 1. The summed E-state index contributed by atoms with van der Waals surface area (Å²) in [6.07, 6.45) is 0.258. The van der Waals surface area contributed by atoms with Crippen molar-refractivity contribution >= 4 is 29.3 Å². The van der Waals surface area contributed by atoms with Crippen LogP contribution in [-0.2, 0) is 14.3 Å². The number of carbonyl (C=O) groups excluding carboxylic acids is 2. The molecule has 22 heavy (non-hydrogen) atoms. The van der Waals surface area contributed by atoms with Crippen LogP contribution in [0.2, 0.25) is 0 Å². The van der Waals surface area contributed by atoms with Crippen LogP contribution in [0, 0.1) is 0 Å². The molecule has 114 valence electrons. The molecule has 0 heterocycles. The number of hydrogen-bond donors (Lipinski definition) is 1. The Morgan fingerprint density at radius 2 is 1.73 bits per heavy atom. The number of carbonyl (C=O) groups is 2. The second-order valence-corrected chi connectivity index (χ2v) is 5.59. The van der Waals surface area contributed by atoms with E-state index in [9.17, 15) is 9.59 Å². The summed E-state index contributed by atoms with van der Waals surface area (Å²) >= 11 is 1.56. The predicted octanol–water partition coefficient (Wildman–Crippen LogP) is 3.73. The van der Waals surface area contributed by atoms with Crippen LogP contribution < -0.4 is 5.32 Å². The lowest BCUT2D eigenvalue weighted by Gasteiger charge is -2.11. The molecule has 0 spiro atoms. The van der Waals surface area contributed by atoms with Crippen molar-refractivity contribution in [1.82, 2.24) is 0 Å². The zero-order valence-corrected chi connectivity index (χ0v) is 13.1. The highest BCUT2D eigenvalue weighted by molar-refractivity contribution is 7.99. The number of amides is 1. The largest absolute Gasteiger partial charge is 0.456 e. The predicted molar refractivity (Wildman–Crippen MR) is 86.9 cm³/mol. The Labute approximate surface area is 133 Å². The van der Waals surface area contributed by atoms with Gasteiger partial charge in [0, 0.05) is 16.2 Å². The molecule has 0 unspecified atom stereocenters. The molecule has 0 aliphatic carbocycles.